The van der Waals surface area contributed by atoms with Crippen LogP contribution in [0, 0.1) is 11.3 Å². The molecule has 1 aliphatic carbocycles. The fourth-order valence-electron chi connectivity index (χ4n) is 2.49. The monoisotopic (exact) mass is 241 g/mol. The minimum Gasteiger partial charge on any atom is -0.469 e. The van der Waals surface area contributed by atoms with E-state index in [9.17, 15) is 9.59 Å². The average Bonchev–Trinajstić information content (AvgIpc) is 2.27. The Morgan fingerprint density at radius 1 is 1.35 bits per heavy atom. The van der Waals surface area contributed by atoms with Crippen molar-refractivity contribution in [2.75, 3.05) is 13.7 Å². The first kappa shape index (κ1) is 14.0. The molecule has 98 valence electrons. The molecule has 0 bridgehead atoms. The van der Waals surface area contributed by atoms with Crippen LogP contribution in [0.15, 0.2) is 0 Å². The van der Waals surface area contributed by atoms with Crippen molar-refractivity contribution >= 4 is 11.9 Å². The van der Waals surface area contributed by atoms with Crippen LogP contribution in [0.1, 0.15) is 46.0 Å². The highest BCUT2D eigenvalue weighted by molar-refractivity contribution is 5.80. The first-order valence-corrected chi connectivity index (χ1v) is 6.32. The van der Waals surface area contributed by atoms with Gasteiger partial charge in [0.25, 0.3) is 0 Å². The highest BCUT2D eigenvalue weighted by Crippen LogP contribution is 2.40. The smallest absolute Gasteiger partial charge is 0.307 e. The summed E-state index contributed by atoms with van der Waals surface area (Å²) in [4.78, 5) is 22.9. The van der Waals surface area contributed by atoms with Crippen LogP contribution in [0.5, 0.6) is 0 Å². The molecule has 17 heavy (non-hydrogen) atoms. The minimum absolute atomic E-state index is 0.0770. The molecule has 1 aliphatic rings. The quantitative estimate of drug-likeness (QED) is 0.765. The first-order chi connectivity index (χ1) is 7.97. The lowest BCUT2D eigenvalue weighted by atomic mass is 9.68. The third kappa shape index (κ3) is 4.02. The number of rotatable bonds is 4. The molecule has 0 aromatic carbocycles. The van der Waals surface area contributed by atoms with Crippen molar-refractivity contribution in [3.63, 3.8) is 0 Å². The Morgan fingerprint density at radius 3 is 2.65 bits per heavy atom. The van der Waals surface area contributed by atoms with Crippen LogP contribution in [0.3, 0.4) is 0 Å². The second kappa shape index (κ2) is 6.03. The van der Waals surface area contributed by atoms with E-state index in [1.807, 2.05) is 0 Å². The summed E-state index contributed by atoms with van der Waals surface area (Å²) in [6, 6.07) is 0. The molecule has 1 N–H and O–H groups in total. The third-order valence-electron chi connectivity index (χ3n) is 3.68. The van der Waals surface area contributed by atoms with E-state index in [1.165, 1.54) is 13.5 Å². The molecule has 1 saturated carbocycles. The number of nitrogens with one attached hydrogen (secondary N) is 1. The standard InChI is InChI=1S/C13H23NO3/c1-13(2)8-5-4-6-10(13)12(16)14-9-7-11(15)17-3/h10H,4-9H2,1-3H3,(H,14,16). The van der Waals surface area contributed by atoms with Gasteiger partial charge in [0.05, 0.1) is 13.5 Å². The predicted octanol–water partition coefficient (Wildman–Crippen LogP) is 1.88. The molecule has 0 radical (unpaired) electrons. The van der Waals surface area contributed by atoms with Crippen molar-refractivity contribution in [2.45, 2.75) is 46.0 Å². The van der Waals surface area contributed by atoms with Gasteiger partial charge in [-0.25, -0.2) is 0 Å². The summed E-state index contributed by atoms with van der Waals surface area (Å²) in [7, 11) is 1.36. The van der Waals surface area contributed by atoms with Gasteiger partial charge < -0.3 is 10.1 Å². The topological polar surface area (TPSA) is 55.4 Å². The molecule has 1 fully saturated rings. The normalized spacial score (nSPS) is 22.9. The number of ether oxygens (including phenoxy) is 1. The van der Waals surface area contributed by atoms with E-state index < -0.39 is 0 Å². The zero-order chi connectivity index (χ0) is 12.9. The lowest BCUT2D eigenvalue weighted by Crippen LogP contribution is -2.41. The Balaban J connectivity index is 2.38. The number of hydrogen-bond acceptors (Lipinski definition) is 3. The van der Waals surface area contributed by atoms with Gasteiger partial charge in [-0.05, 0) is 18.3 Å². The molecule has 4 nitrogen and oxygen atoms in total. The van der Waals surface area contributed by atoms with Crippen molar-refractivity contribution in [3.05, 3.63) is 0 Å². The molecule has 1 atom stereocenters. The minimum atomic E-state index is -0.284. The number of methoxy groups -OCH3 is 1. The van der Waals surface area contributed by atoms with Crippen molar-refractivity contribution in [1.29, 1.82) is 0 Å². The highest BCUT2D eigenvalue weighted by Gasteiger charge is 2.36. The van der Waals surface area contributed by atoms with Crippen LogP contribution in [-0.4, -0.2) is 25.5 Å². The number of hydrogen-bond donors (Lipinski definition) is 1. The Bertz CT molecular complexity index is 286. The maximum Gasteiger partial charge on any atom is 0.307 e. The van der Waals surface area contributed by atoms with Gasteiger partial charge in [-0.15, -0.1) is 0 Å². The second-order valence-corrected chi connectivity index (χ2v) is 5.40. The summed E-state index contributed by atoms with van der Waals surface area (Å²) in [6.07, 6.45) is 4.63. The summed E-state index contributed by atoms with van der Waals surface area (Å²) in [5, 5.41) is 2.83. The summed E-state index contributed by atoms with van der Waals surface area (Å²) in [5.41, 5.74) is 0.0770. The molecular formula is C13H23NO3. The Kier molecular flexibility index (Phi) is 4.97. The summed E-state index contributed by atoms with van der Waals surface area (Å²) >= 11 is 0. The second-order valence-electron chi connectivity index (χ2n) is 5.40. The molecule has 0 saturated heterocycles. The molecule has 0 aromatic heterocycles. The van der Waals surface area contributed by atoms with Gasteiger partial charge in [-0.3, -0.25) is 9.59 Å². The number of carbonyl (C=O) groups is 2. The van der Waals surface area contributed by atoms with Crippen molar-refractivity contribution in [3.8, 4) is 0 Å². The van der Waals surface area contributed by atoms with E-state index >= 15 is 0 Å². The van der Waals surface area contributed by atoms with Crippen LogP contribution < -0.4 is 5.32 Å². The van der Waals surface area contributed by atoms with Crippen LogP contribution in [0.4, 0.5) is 0 Å². The van der Waals surface area contributed by atoms with Gasteiger partial charge in [0, 0.05) is 12.5 Å². The molecule has 4 heteroatoms. The van der Waals surface area contributed by atoms with Crippen LogP contribution >= 0.6 is 0 Å². The number of carbonyl (C=O) groups excluding carboxylic acids is 2. The largest absolute Gasteiger partial charge is 0.469 e. The van der Waals surface area contributed by atoms with Crippen molar-refractivity contribution < 1.29 is 14.3 Å². The van der Waals surface area contributed by atoms with E-state index in [2.05, 4.69) is 23.9 Å². The Morgan fingerprint density at radius 2 is 2.06 bits per heavy atom. The Labute approximate surface area is 103 Å². The summed E-state index contributed by atoms with van der Waals surface area (Å²) in [5.74, 6) is -0.124. The lowest BCUT2D eigenvalue weighted by Gasteiger charge is -2.37. The highest BCUT2D eigenvalue weighted by atomic mass is 16.5. The van der Waals surface area contributed by atoms with E-state index in [1.54, 1.807) is 0 Å². The molecule has 0 aromatic rings. The number of esters is 1. The van der Waals surface area contributed by atoms with Gasteiger partial charge in [0.1, 0.15) is 0 Å². The molecule has 0 heterocycles. The van der Waals surface area contributed by atoms with E-state index in [0.29, 0.717) is 6.54 Å². The fourth-order valence-corrected chi connectivity index (χ4v) is 2.49. The average molecular weight is 241 g/mol. The van der Waals surface area contributed by atoms with E-state index in [0.717, 1.165) is 19.3 Å². The molecule has 0 spiro atoms. The zero-order valence-electron chi connectivity index (χ0n) is 11.0. The van der Waals surface area contributed by atoms with Crippen LogP contribution in [0.2, 0.25) is 0 Å². The summed E-state index contributed by atoms with van der Waals surface area (Å²) in [6.45, 7) is 4.67. The van der Waals surface area contributed by atoms with E-state index in [-0.39, 0.29) is 29.6 Å². The summed E-state index contributed by atoms with van der Waals surface area (Å²) < 4.78 is 4.53. The lowest BCUT2D eigenvalue weighted by molar-refractivity contribution is -0.140. The third-order valence-corrected chi connectivity index (χ3v) is 3.68. The predicted molar refractivity (Wildman–Crippen MR) is 65.4 cm³/mol. The molecule has 0 aliphatic heterocycles. The maximum absolute atomic E-state index is 12.0. The fraction of sp³-hybridized carbons (Fsp3) is 0.846. The van der Waals surface area contributed by atoms with Crippen molar-refractivity contribution in [1.82, 2.24) is 5.32 Å². The Hall–Kier alpha value is -1.06. The number of amides is 1. The van der Waals surface area contributed by atoms with Gasteiger partial charge >= 0.3 is 5.97 Å². The van der Waals surface area contributed by atoms with Gasteiger partial charge in [0.2, 0.25) is 5.91 Å². The molecule has 1 unspecified atom stereocenters. The van der Waals surface area contributed by atoms with Gasteiger partial charge in [-0.1, -0.05) is 26.7 Å². The van der Waals surface area contributed by atoms with Gasteiger partial charge in [-0.2, -0.15) is 0 Å². The zero-order valence-corrected chi connectivity index (χ0v) is 11.0. The van der Waals surface area contributed by atoms with E-state index in [4.69, 9.17) is 0 Å². The maximum atomic E-state index is 12.0. The SMILES string of the molecule is COC(=O)CCNC(=O)C1CCCCC1(C)C. The molecular weight excluding hydrogens is 218 g/mol. The van der Waals surface area contributed by atoms with Crippen LogP contribution in [0.25, 0.3) is 0 Å². The molecule has 1 rings (SSSR count). The van der Waals surface area contributed by atoms with Gasteiger partial charge in [0.15, 0.2) is 0 Å². The first-order valence-electron chi connectivity index (χ1n) is 6.32. The molecule has 1 amide bonds. The van der Waals surface area contributed by atoms with Crippen LogP contribution in [-0.2, 0) is 14.3 Å². The van der Waals surface area contributed by atoms with Crippen molar-refractivity contribution in [2.24, 2.45) is 11.3 Å².